The van der Waals surface area contributed by atoms with Gasteiger partial charge in [-0.25, -0.2) is 9.79 Å². The molecule has 1 saturated heterocycles. The number of nitrogens with one attached hydrogen (secondary N) is 1. The lowest BCUT2D eigenvalue weighted by atomic mass is 10.00. The zero-order valence-corrected chi connectivity index (χ0v) is 20.5. The van der Waals surface area contributed by atoms with Crippen LogP contribution in [0.15, 0.2) is 77.8 Å². The number of benzene rings is 3. The molecular formula is C28H25N3O4S. The predicted octanol–water partition coefficient (Wildman–Crippen LogP) is 5.02. The number of esters is 1. The van der Waals surface area contributed by atoms with Crippen molar-refractivity contribution in [1.29, 1.82) is 0 Å². The summed E-state index contributed by atoms with van der Waals surface area (Å²) in [6, 6.07) is 21.9. The van der Waals surface area contributed by atoms with Crippen LogP contribution in [-0.4, -0.2) is 64.3 Å². The lowest BCUT2D eigenvalue weighted by Crippen LogP contribution is -2.37. The summed E-state index contributed by atoms with van der Waals surface area (Å²) in [5.41, 5.74) is 4.16. The number of carbonyl (C=O) groups excluding carboxylic acids is 2. The zero-order chi connectivity index (χ0) is 25.1. The van der Waals surface area contributed by atoms with E-state index in [1.54, 1.807) is 30.3 Å². The van der Waals surface area contributed by atoms with Gasteiger partial charge in [-0.2, -0.15) is 11.8 Å². The topological polar surface area (TPSA) is 95.0 Å². The van der Waals surface area contributed by atoms with E-state index in [9.17, 15) is 14.7 Å². The van der Waals surface area contributed by atoms with Gasteiger partial charge in [-0.3, -0.25) is 4.79 Å². The van der Waals surface area contributed by atoms with Crippen molar-refractivity contribution in [1.82, 2.24) is 9.88 Å². The highest BCUT2D eigenvalue weighted by atomic mass is 32.2. The van der Waals surface area contributed by atoms with E-state index in [4.69, 9.17) is 9.73 Å². The number of aromatic amines is 1. The van der Waals surface area contributed by atoms with Crippen molar-refractivity contribution >= 4 is 45.9 Å². The van der Waals surface area contributed by atoms with Crippen molar-refractivity contribution in [3.63, 3.8) is 0 Å². The van der Waals surface area contributed by atoms with Crippen LogP contribution in [0.3, 0.4) is 0 Å². The number of hydrogen-bond donors (Lipinski definition) is 2. The Labute approximate surface area is 212 Å². The molecule has 0 radical (unpaired) electrons. The molecule has 8 heteroatoms. The lowest BCUT2D eigenvalue weighted by molar-refractivity contribution is 0.0600. The molecule has 0 unspecified atom stereocenters. The first-order chi connectivity index (χ1) is 17.5. The Morgan fingerprint density at radius 1 is 0.944 bits per heavy atom. The van der Waals surface area contributed by atoms with E-state index in [1.165, 1.54) is 7.11 Å². The number of aliphatic imine (C=N–C) groups is 1. The second-order valence-electron chi connectivity index (χ2n) is 8.38. The SMILES string of the molecule is COC(=O)c1ccc2c(C(=Nc3ccc(C(=O)N4CCSCC4)cc3)c3ccccc3)c(O)[nH]c2c1. The van der Waals surface area contributed by atoms with Crippen LogP contribution in [0.5, 0.6) is 5.88 Å². The summed E-state index contributed by atoms with van der Waals surface area (Å²) >= 11 is 1.86. The summed E-state index contributed by atoms with van der Waals surface area (Å²) in [5, 5.41) is 11.6. The van der Waals surface area contributed by atoms with Crippen LogP contribution in [0.25, 0.3) is 10.9 Å². The Balaban J connectivity index is 1.55. The minimum Gasteiger partial charge on any atom is -0.494 e. The molecule has 1 aromatic heterocycles. The molecule has 1 amide bonds. The number of nitrogens with zero attached hydrogens (tertiary/aromatic N) is 2. The van der Waals surface area contributed by atoms with Gasteiger partial charge in [-0.05, 0) is 36.4 Å². The van der Waals surface area contributed by atoms with Crippen LogP contribution >= 0.6 is 11.8 Å². The summed E-state index contributed by atoms with van der Waals surface area (Å²) in [6.45, 7) is 1.53. The first-order valence-corrected chi connectivity index (χ1v) is 12.7. The van der Waals surface area contributed by atoms with Gasteiger partial charge in [0.15, 0.2) is 5.88 Å². The molecule has 0 atom stereocenters. The van der Waals surface area contributed by atoms with Crippen molar-refractivity contribution < 1.29 is 19.4 Å². The first-order valence-electron chi connectivity index (χ1n) is 11.6. The van der Waals surface area contributed by atoms with Crippen LogP contribution in [0.4, 0.5) is 5.69 Å². The number of thioether (sulfide) groups is 1. The summed E-state index contributed by atoms with van der Waals surface area (Å²) in [6.07, 6.45) is 0. The summed E-state index contributed by atoms with van der Waals surface area (Å²) in [7, 11) is 1.33. The molecule has 0 aliphatic carbocycles. The normalized spacial score (nSPS) is 14.1. The molecule has 0 saturated carbocycles. The molecule has 7 nitrogen and oxygen atoms in total. The van der Waals surface area contributed by atoms with Crippen LogP contribution in [0.1, 0.15) is 31.8 Å². The number of carbonyl (C=O) groups is 2. The molecule has 3 aromatic carbocycles. The molecule has 2 N–H and O–H groups in total. The standard InChI is InChI=1S/C28H25N3O4S/c1-35-28(34)20-9-12-22-23(17-20)30-26(32)24(22)25(18-5-3-2-4-6-18)29-21-10-7-19(8-11-21)27(33)31-13-15-36-16-14-31/h2-12,17,30,32H,13-16H2,1H3. The molecule has 182 valence electrons. The highest BCUT2D eigenvalue weighted by Crippen LogP contribution is 2.32. The average molecular weight is 500 g/mol. The maximum absolute atomic E-state index is 12.8. The second-order valence-corrected chi connectivity index (χ2v) is 9.60. The number of hydrogen-bond acceptors (Lipinski definition) is 6. The molecule has 36 heavy (non-hydrogen) atoms. The maximum Gasteiger partial charge on any atom is 0.337 e. The zero-order valence-electron chi connectivity index (χ0n) is 19.7. The number of rotatable bonds is 5. The first kappa shape index (κ1) is 23.7. The molecule has 1 aliphatic rings. The number of aromatic hydroxyl groups is 1. The Morgan fingerprint density at radius 3 is 2.33 bits per heavy atom. The van der Waals surface area contributed by atoms with E-state index < -0.39 is 5.97 Å². The number of methoxy groups -OCH3 is 1. The molecule has 2 heterocycles. The quantitative estimate of drug-likeness (QED) is 0.297. The Hall–Kier alpha value is -4.04. The highest BCUT2D eigenvalue weighted by Gasteiger charge is 2.21. The minimum atomic E-state index is -0.456. The van der Waals surface area contributed by atoms with E-state index >= 15 is 0 Å². The molecule has 1 aliphatic heterocycles. The Kier molecular flexibility index (Phi) is 6.77. The number of fused-ring (bicyclic) bond motifs is 1. The Morgan fingerprint density at radius 2 is 1.64 bits per heavy atom. The summed E-state index contributed by atoms with van der Waals surface area (Å²) in [4.78, 5) is 34.5. The van der Waals surface area contributed by atoms with Crippen LogP contribution in [0.2, 0.25) is 0 Å². The van der Waals surface area contributed by atoms with Gasteiger partial charge in [0.05, 0.1) is 29.6 Å². The fraction of sp³-hybridized carbons (Fsp3) is 0.179. The van der Waals surface area contributed by atoms with E-state index in [0.29, 0.717) is 33.6 Å². The van der Waals surface area contributed by atoms with Crippen molar-refractivity contribution in [3.8, 4) is 5.88 Å². The molecule has 0 spiro atoms. The molecule has 5 rings (SSSR count). The third-order valence-corrected chi connectivity index (χ3v) is 7.08. The van der Waals surface area contributed by atoms with E-state index in [0.717, 1.165) is 35.5 Å². The second kappa shape index (κ2) is 10.3. The summed E-state index contributed by atoms with van der Waals surface area (Å²) < 4.78 is 4.82. The molecule has 0 bridgehead atoms. The van der Waals surface area contributed by atoms with E-state index in [2.05, 4.69) is 4.98 Å². The van der Waals surface area contributed by atoms with Crippen LogP contribution < -0.4 is 0 Å². The predicted molar refractivity (Wildman–Crippen MR) is 143 cm³/mol. The fourth-order valence-electron chi connectivity index (χ4n) is 4.29. The number of aromatic nitrogens is 1. The fourth-order valence-corrected chi connectivity index (χ4v) is 5.19. The average Bonchev–Trinajstić information content (AvgIpc) is 3.26. The van der Waals surface area contributed by atoms with Gasteiger partial charge >= 0.3 is 5.97 Å². The third-order valence-electron chi connectivity index (χ3n) is 6.14. The number of ether oxygens (including phenoxy) is 1. The van der Waals surface area contributed by atoms with Gasteiger partial charge in [0.1, 0.15) is 0 Å². The van der Waals surface area contributed by atoms with Gasteiger partial charge < -0.3 is 19.7 Å². The van der Waals surface area contributed by atoms with Gasteiger partial charge in [-0.15, -0.1) is 0 Å². The van der Waals surface area contributed by atoms with Crippen LogP contribution in [-0.2, 0) is 4.74 Å². The van der Waals surface area contributed by atoms with Gasteiger partial charge in [0.25, 0.3) is 5.91 Å². The molecule has 1 fully saturated rings. The Bertz CT molecular complexity index is 1440. The lowest BCUT2D eigenvalue weighted by Gasteiger charge is -2.26. The molecular weight excluding hydrogens is 474 g/mol. The highest BCUT2D eigenvalue weighted by molar-refractivity contribution is 7.99. The van der Waals surface area contributed by atoms with Crippen molar-refractivity contribution in [2.24, 2.45) is 4.99 Å². The number of H-pyrrole nitrogens is 1. The van der Waals surface area contributed by atoms with Gasteiger partial charge in [-0.1, -0.05) is 36.4 Å². The van der Waals surface area contributed by atoms with E-state index in [-0.39, 0.29) is 11.8 Å². The third kappa shape index (κ3) is 4.72. The largest absolute Gasteiger partial charge is 0.494 e. The minimum absolute atomic E-state index is 0.0322. The van der Waals surface area contributed by atoms with Crippen LogP contribution in [0, 0.1) is 0 Å². The number of amides is 1. The smallest absolute Gasteiger partial charge is 0.337 e. The van der Waals surface area contributed by atoms with Crippen molar-refractivity contribution in [2.45, 2.75) is 0 Å². The van der Waals surface area contributed by atoms with E-state index in [1.807, 2.05) is 59.1 Å². The molecule has 4 aromatic rings. The monoisotopic (exact) mass is 499 g/mol. The van der Waals surface area contributed by atoms with Crippen molar-refractivity contribution in [2.75, 3.05) is 31.7 Å². The van der Waals surface area contributed by atoms with Gasteiger partial charge in [0.2, 0.25) is 0 Å². The van der Waals surface area contributed by atoms with Crippen molar-refractivity contribution in [3.05, 3.63) is 95.1 Å². The maximum atomic E-state index is 12.8. The van der Waals surface area contributed by atoms with Gasteiger partial charge in [0, 0.05) is 46.6 Å². The summed E-state index contributed by atoms with van der Waals surface area (Å²) in [5.74, 6) is 1.45.